The first-order valence-corrected chi connectivity index (χ1v) is 16.6. The Hall–Kier alpha value is -6.45. The van der Waals surface area contributed by atoms with E-state index in [1.807, 2.05) is 36.4 Å². The molecular formula is C37H37FN10O4. The van der Waals surface area contributed by atoms with Crippen molar-refractivity contribution in [2.45, 2.75) is 6.54 Å². The number of carbonyl (C=O) groups excluding carboxylic acids is 2. The molecule has 4 aromatic carbocycles. The van der Waals surface area contributed by atoms with Crippen LogP contribution in [0.5, 0.6) is 0 Å². The molecule has 266 valence electrons. The number of imidazole rings is 1. The number of amides is 2. The minimum atomic E-state index is -0.329. The first-order chi connectivity index (χ1) is 25.5. The van der Waals surface area contributed by atoms with Crippen LogP contribution in [0.4, 0.5) is 33.6 Å². The smallest absolute Gasteiger partial charge is 0.251 e. The molecule has 52 heavy (non-hydrogen) atoms. The zero-order chi connectivity index (χ0) is 36.0. The summed E-state index contributed by atoms with van der Waals surface area (Å²) in [6.45, 7) is 2.58. The molecule has 0 aliphatic carbocycles. The molecule has 2 amide bonds. The summed E-state index contributed by atoms with van der Waals surface area (Å²) in [6, 6.07) is 27.5. The lowest BCUT2D eigenvalue weighted by molar-refractivity contribution is 0.0519. The number of H-pyrrole nitrogens is 1. The van der Waals surface area contributed by atoms with Gasteiger partial charge in [0.15, 0.2) is 0 Å². The molecule has 0 aliphatic rings. The molecule has 6 N–H and O–H groups in total. The number of benzene rings is 4. The largest absolute Gasteiger partial charge is 0.377 e. The van der Waals surface area contributed by atoms with Crippen LogP contribution in [0.3, 0.4) is 0 Å². The molecule has 0 unspecified atom stereocenters. The lowest BCUT2D eigenvalue weighted by atomic mass is 10.1. The Morgan fingerprint density at radius 1 is 0.654 bits per heavy atom. The van der Waals surface area contributed by atoms with Crippen molar-refractivity contribution in [2.75, 3.05) is 55.5 Å². The zero-order valence-corrected chi connectivity index (χ0v) is 28.1. The summed E-state index contributed by atoms with van der Waals surface area (Å²) >= 11 is 0. The lowest BCUT2D eigenvalue weighted by Gasteiger charge is -2.12. The van der Waals surface area contributed by atoms with Gasteiger partial charge in [-0.15, -0.1) is 0 Å². The summed E-state index contributed by atoms with van der Waals surface area (Å²) < 4.78 is 24.4. The molecule has 0 fully saturated rings. The van der Waals surface area contributed by atoms with Crippen LogP contribution in [0.25, 0.3) is 11.0 Å². The number of ether oxygens (including phenoxy) is 2. The van der Waals surface area contributed by atoms with Crippen molar-refractivity contribution >= 4 is 52.1 Å². The highest BCUT2D eigenvalue weighted by Crippen LogP contribution is 2.21. The highest BCUT2D eigenvalue weighted by molar-refractivity contribution is 5.95. The van der Waals surface area contributed by atoms with Crippen molar-refractivity contribution in [3.8, 4) is 0 Å². The Kier molecular flexibility index (Phi) is 12.2. The average Bonchev–Trinajstić information content (AvgIpc) is 3.64. The summed E-state index contributed by atoms with van der Waals surface area (Å²) in [5, 5.41) is 15.2. The van der Waals surface area contributed by atoms with E-state index in [0.29, 0.717) is 68.2 Å². The number of nitrogens with one attached hydrogen (secondary N) is 6. The molecule has 0 radical (unpaired) electrons. The van der Waals surface area contributed by atoms with Crippen LogP contribution < -0.4 is 26.6 Å². The maximum Gasteiger partial charge on any atom is 0.251 e. The Labute approximate surface area is 298 Å². The van der Waals surface area contributed by atoms with Crippen LogP contribution in [0, 0.1) is 5.82 Å². The van der Waals surface area contributed by atoms with E-state index >= 15 is 0 Å². The van der Waals surface area contributed by atoms with Gasteiger partial charge in [-0.1, -0.05) is 30.3 Å². The van der Waals surface area contributed by atoms with Crippen molar-refractivity contribution in [3.63, 3.8) is 0 Å². The summed E-state index contributed by atoms with van der Waals surface area (Å²) in [7, 11) is 0. The van der Waals surface area contributed by atoms with E-state index in [1.54, 1.807) is 54.9 Å². The molecule has 15 heteroatoms. The van der Waals surface area contributed by atoms with Gasteiger partial charge in [0.2, 0.25) is 17.8 Å². The van der Waals surface area contributed by atoms with Gasteiger partial charge < -0.3 is 41.0 Å². The molecule has 2 aromatic heterocycles. The quantitative estimate of drug-likeness (QED) is 0.0650. The molecule has 6 aromatic rings. The molecule has 14 nitrogen and oxygen atoms in total. The summed E-state index contributed by atoms with van der Waals surface area (Å²) in [5.74, 6) is 0.141. The first-order valence-electron chi connectivity index (χ1n) is 16.6. The zero-order valence-electron chi connectivity index (χ0n) is 28.1. The second-order valence-electron chi connectivity index (χ2n) is 11.4. The van der Waals surface area contributed by atoms with Gasteiger partial charge in [0.25, 0.3) is 11.8 Å². The van der Waals surface area contributed by atoms with Crippen LogP contribution in [0.1, 0.15) is 26.3 Å². The Morgan fingerprint density at radius 2 is 1.29 bits per heavy atom. The fourth-order valence-electron chi connectivity index (χ4n) is 4.91. The first kappa shape index (κ1) is 35.4. The molecule has 0 saturated heterocycles. The number of hydrogen-bond acceptors (Lipinski definition) is 11. The van der Waals surface area contributed by atoms with E-state index in [1.165, 1.54) is 12.1 Å². The van der Waals surface area contributed by atoms with Crippen molar-refractivity contribution in [1.29, 1.82) is 0 Å². The fraction of sp³-hybridized carbons (Fsp3) is 0.189. The highest BCUT2D eigenvalue weighted by Gasteiger charge is 2.11. The standard InChI is InChI=1S/C37H37FN10O4/c38-28-10-6-25(7-11-28)23-41-34(50)27-8-12-29(13-9-27)44-36-46-35(47-37(48-36)45-30-14-15-31-32(22-30)43-24-42-31)40-17-19-52-21-20-51-18-16-39-33(49)26-4-2-1-3-5-26/h1-15,22,24H,16-21,23H2,(H,39,49)(H,41,50)(H,42,43)(H3,40,44,45,46,47,48). The van der Waals surface area contributed by atoms with Crippen LogP contribution in [-0.4, -0.2) is 76.3 Å². The molecule has 0 saturated carbocycles. The molecule has 2 heterocycles. The van der Waals surface area contributed by atoms with E-state index < -0.39 is 0 Å². The third kappa shape index (κ3) is 10.5. The van der Waals surface area contributed by atoms with Gasteiger partial charge in [0, 0.05) is 42.1 Å². The van der Waals surface area contributed by atoms with E-state index in [9.17, 15) is 14.0 Å². The van der Waals surface area contributed by atoms with Crippen LogP contribution in [-0.2, 0) is 16.0 Å². The Balaban J connectivity index is 0.997. The van der Waals surface area contributed by atoms with Crippen LogP contribution in [0.15, 0.2) is 103 Å². The van der Waals surface area contributed by atoms with Gasteiger partial charge in [-0.25, -0.2) is 9.37 Å². The number of fused-ring (bicyclic) bond motifs is 1. The van der Waals surface area contributed by atoms with Gasteiger partial charge >= 0.3 is 0 Å². The lowest BCUT2D eigenvalue weighted by Crippen LogP contribution is -2.27. The SMILES string of the molecule is O=C(NCCOCCOCCNc1nc(Nc2ccc(C(=O)NCc3ccc(F)cc3)cc2)nc(Nc2ccc3[nH]cnc3c2)n1)c1ccccc1. The molecule has 0 atom stereocenters. The van der Waals surface area contributed by atoms with Crippen molar-refractivity contribution in [3.05, 3.63) is 126 Å². The minimum absolute atomic E-state index is 0.140. The maximum absolute atomic E-state index is 13.2. The van der Waals surface area contributed by atoms with E-state index in [2.05, 4.69) is 51.5 Å². The fourth-order valence-corrected chi connectivity index (χ4v) is 4.91. The summed E-state index contributed by atoms with van der Waals surface area (Å²) in [6.07, 6.45) is 1.63. The van der Waals surface area contributed by atoms with Gasteiger partial charge in [0.05, 0.1) is 43.8 Å². The number of rotatable bonds is 18. The topological polar surface area (TPSA) is 180 Å². The number of halogens is 1. The highest BCUT2D eigenvalue weighted by atomic mass is 19.1. The summed E-state index contributed by atoms with van der Waals surface area (Å²) in [5.41, 5.74) is 4.94. The summed E-state index contributed by atoms with van der Waals surface area (Å²) in [4.78, 5) is 45.7. The Morgan fingerprint density at radius 3 is 2.04 bits per heavy atom. The van der Waals surface area contributed by atoms with E-state index in [0.717, 1.165) is 22.3 Å². The maximum atomic E-state index is 13.2. The predicted molar refractivity (Wildman–Crippen MR) is 195 cm³/mol. The number of nitrogens with zero attached hydrogens (tertiary/aromatic N) is 4. The van der Waals surface area contributed by atoms with Gasteiger partial charge in [-0.3, -0.25) is 9.59 Å². The van der Waals surface area contributed by atoms with Crippen molar-refractivity contribution < 1.29 is 23.5 Å². The Bertz CT molecular complexity index is 2060. The monoisotopic (exact) mass is 704 g/mol. The molecule has 0 aliphatic heterocycles. The van der Waals surface area contributed by atoms with Gasteiger partial charge in [-0.05, 0) is 72.3 Å². The second-order valence-corrected chi connectivity index (χ2v) is 11.4. The molecule has 0 bridgehead atoms. The normalized spacial score (nSPS) is 10.9. The number of anilines is 5. The average molecular weight is 705 g/mol. The van der Waals surface area contributed by atoms with Gasteiger partial charge in [0.1, 0.15) is 5.82 Å². The number of hydrogen-bond donors (Lipinski definition) is 6. The van der Waals surface area contributed by atoms with E-state index in [-0.39, 0.29) is 30.1 Å². The minimum Gasteiger partial charge on any atom is -0.377 e. The third-order valence-corrected chi connectivity index (χ3v) is 7.55. The van der Waals surface area contributed by atoms with Crippen LogP contribution in [0.2, 0.25) is 0 Å². The number of aromatic amines is 1. The molecule has 0 spiro atoms. The molecule has 6 rings (SSSR count). The van der Waals surface area contributed by atoms with Crippen molar-refractivity contribution in [2.24, 2.45) is 0 Å². The van der Waals surface area contributed by atoms with Gasteiger partial charge in [-0.2, -0.15) is 15.0 Å². The van der Waals surface area contributed by atoms with Crippen molar-refractivity contribution in [1.82, 2.24) is 35.6 Å². The predicted octanol–water partition coefficient (Wildman–Crippen LogP) is 5.18. The van der Waals surface area contributed by atoms with E-state index in [4.69, 9.17) is 9.47 Å². The molecular weight excluding hydrogens is 667 g/mol. The third-order valence-electron chi connectivity index (χ3n) is 7.55. The number of aromatic nitrogens is 5. The second kappa shape index (κ2) is 18.0. The number of carbonyl (C=O) groups is 2. The van der Waals surface area contributed by atoms with Crippen LogP contribution >= 0.6 is 0 Å².